The molecule has 1 atom stereocenters. The quantitative estimate of drug-likeness (QED) is 0.694. The molecule has 0 saturated carbocycles. The maximum atomic E-state index is 10.1. The lowest BCUT2D eigenvalue weighted by Gasteiger charge is -2.19. The molecule has 3 aromatic rings. The minimum Gasteiger partial charge on any atom is -0.491 e. The van der Waals surface area contributed by atoms with E-state index in [1.54, 1.807) is 35.6 Å². The third-order valence-electron chi connectivity index (χ3n) is 3.52. The summed E-state index contributed by atoms with van der Waals surface area (Å²) < 4.78 is 6.76. The van der Waals surface area contributed by atoms with Gasteiger partial charge in [-0.15, -0.1) is 11.3 Å². The number of aliphatic hydroxyl groups excluding tert-OH is 1. The van der Waals surface area contributed by atoms with Gasteiger partial charge in [0.2, 0.25) is 0 Å². The molecule has 2 aromatic carbocycles. The molecule has 0 aliphatic heterocycles. The number of nitrogens with zero attached hydrogens (tertiary/aromatic N) is 2. The zero-order valence-electron chi connectivity index (χ0n) is 13.4. The molecule has 0 bridgehead atoms. The Labute approximate surface area is 150 Å². The number of halogens is 1. The van der Waals surface area contributed by atoms with E-state index in [4.69, 9.17) is 16.3 Å². The lowest BCUT2D eigenvalue weighted by molar-refractivity contribution is 0.0744. The van der Waals surface area contributed by atoms with Gasteiger partial charge < -0.3 is 9.84 Å². The second-order valence-corrected chi connectivity index (χ2v) is 7.24. The van der Waals surface area contributed by atoms with Gasteiger partial charge in [0.05, 0.1) is 16.8 Å². The highest BCUT2D eigenvalue weighted by Gasteiger charge is 2.12. The average Bonchev–Trinajstić information content (AvgIpc) is 2.96. The number of aliphatic hydroxyl groups is 1. The third kappa shape index (κ3) is 4.68. The van der Waals surface area contributed by atoms with Crippen molar-refractivity contribution in [3.05, 3.63) is 58.6 Å². The molecule has 0 amide bonds. The zero-order valence-corrected chi connectivity index (χ0v) is 14.9. The van der Waals surface area contributed by atoms with E-state index < -0.39 is 6.10 Å². The molecule has 3 rings (SSSR count). The van der Waals surface area contributed by atoms with Gasteiger partial charge in [0.15, 0.2) is 0 Å². The van der Waals surface area contributed by atoms with Gasteiger partial charge in [-0.05, 0) is 43.4 Å². The van der Waals surface area contributed by atoms with Gasteiger partial charge in [-0.1, -0.05) is 23.7 Å². The molecule has 1 unspecified atom stereocenters. The molecule has 4 nitrogen and oxygen atoms in total. The largest absolute Gasteiger partial charge is 0.491 e. The smallest absolute Gasteiger partial charge is 0.119 e. The van der Waals surface area contributed by atoms with E-state index in [1.807, 2.05) is 30.1 Å². The second-order valence-electron chi connectivity index (χ2n) is 5.69. The van der Waals surface area contributed by atoms with Gasteiger partial charge in [-0.2, -0.15) is 0 Å². The Balaban J connectivity index is 1.48. The van der Waals surface area contributed by atoms with Crippen LogP contribution in [0.1, 0.15) is 5.01 Å². The van der Waals surface area contributed by atoms with Crippen LogP contribution in [0.2, 0.25) is 5.02 Å². The van der Waals surface area contributed by atoms with Crippen molar-refractivity contribution in [2.24, 2.45) is 0 Å². The van der Waals surface area contributed by atoms with E-state index >= 15 is 0 Å². The third-order valence-corrected chi connectivity index (χ3v) is 4.79. The monoisotopic (exact) mass is 362 g/mol. The first-order valence-corrected chi connectivity index (χ1v) is 8.89. The maximum absolute atomic E-state index is 10.1. The molecule has 0 fully saturated rings. The number of hydrogen-bond donors (Lipinski definition) is 1. The Morgan fingerprint density at radius 1 is 1.21 bits per heavy atom. The summed E-state index contributed by atoms with van der Waals surface area (Å²) in [5, 5.41) is 11.9. The summed E-state index contributed by atoms with van der Waals surface area (Å²) in [5.74, 6) is 0.701. The minimum atomic E-state index is -0.569. The number of rotatable bonds is 7. The molecule has 6 heteroatoms. The fourth-order valence-corrected chi connectivity index (χ4v) is 3.59. The summed E-state index contributed by atoms with van der Waals surface area (Å²) in [4.78, 5) is 6.66. The van der Waals surface area contributed by atoms with Crippen LogP contribution in [0.5, 0.6) is 5.75 Å². The number of aromatic nitrogens is 1. The summed E-state index contributed by atoms with van der Waals surface area (Å²) in [7, 11) is 1.97. The van der Waals surface area contributed by atoms with Crippen LogP contribution >= 0.6 is 22.9 Å². The first-order chi connectivity index (χ1) is 11.6. The van der Waals surface area contributed by atoms with Crippen molar-refractivity contribution in [3.63, 3.8) is 0 Å². The highest BCUT2D eigenvalue weighted by atomic mass is 35.5. The van der Waals surface area contributed by atoms with Crippen molar-refractivity contribution >= 4 is 33.2 Å². The van der Waals surface area contributed by atoms with Crippen LogP contribution < -0.4 is 4.74 Å². The van der Waals surface area contributed by atoms with E-state index in [-0.39, 0.29) is 6.61 Å². The number of thiazole rings is 1. The Morgan fingerprint density at radius 2 is 1.96 bits per heavy atom. The molecule has 0 radical (unpaired) electrons. The Hall–Kier alpha value is -1.66. The summed E-state index contributed by atoms with van der Waals surface area (Å²) in [6, 6.07) is 15.2. The first kappa shape index (κ1) is 17.2. The summed E-state index contributed by atoms with van der Waals surface area (Å²) in [6.07, 6.45) is -0.569. The standard InChI is InChI=1S/C18H19ClN2O2S/c1-21(11-18-20-16-4-2-3-5-17(16)24-18)10-14(22)12-23-15-8-6-13(19)7-9-15/h2-9,14,22H,10-12H2,1H3. The van der Waals surface area contributed by atoms with E-state index in [2.05, 4.69) is 11.1 Å². The SMILES string of the molecule is CN(Cc1nc2ccccc2s1)CC(O)COc1ccc(Cl)cc1. The van der Waals surface area contributed by atoms with Crippen molar-refractivity contribution in [1.82, 2.24) is 9.88 Å². The molecule has 1 heterocycles. The molecule has 0 spiro atoms. The molecule has 1 aromatic heterocycles. The number of fused-ring (bicyclic) bond motifs is 1. The van der Waals surface area contributed by atoms with Crippen LogP contribution in [0.3, 0.4) is 0 Å². The highest BCUT2D eigenvalue weighted by molar-refractivity contribution is 7.18. The normalized spacial score (nSPS) is 12.7. The molecule has 1 N–H and O–H groups in total. The van der Waals surface area contributed by atoms with Crippen LogP contribution in [0.15, 0.2) is 48.5 Å². The van der Waals surface area contributed by atoms with E-state index in [1.165, 1.54) is 4.70 Å². The lowest BCUT2D eigenvalue weighted by Crippen LogP contribution is -2.32. The van der Waals surface area contributed by atoms with Gasteiger partial charge in [0.25, 0.3) is 0 Å². The van der Waals surface area contributed by atoms with Gasteiger partial charge in [-0.25, -0.2) is 4.98 Å². The number of likely N-dealkylation sites (N-methyl/N-ethyl adjacent to an activating group) is 1. The van der Waals surface area contributed by atoms with Crippen molar-refractivity contribution in [2.75, 3.05) is 20.2 Å². The topological polar surface area (TPSA) is 45.6 Å². The zero-order chi connectivity index (χ0) is 16.9. The van der Waals surface area contributed by atoms with Crippen molar-refractivity contribution < 1.29 is 9.84 Å². The molecule has 24 heavy (non-hydrogen) atoms. The number of ether oxygens (including phenoxy) is 1. The number of benzene rings is 2. The summed E-state index contributed by atoms with van der Waals surface area (Å²) >= 11 is 7.52. The Morgan fingerprint density at radius 3 is 2.71 bits per heavy atom. The van der Waals surface area contributed by atoms with Crippen LogP contribution in [0, 0.1) is 0 Å². The Bertz CT molecular complexity index is 758. The van der Waals surface area contributed by atoms with E-state index in [0.717, 1.165) is 10.5 Å². The fraction of sp³-hybridized carbons (Fsp3) is 0.278. The first-order valence-electron chi connectivity index (χ1n) is 7.69. The van der Waals surface area contributed by atoms with Gasteiger partial charge >= 0.3 is 0 Å². The van der Waals surface area contributed by atoms with E-state index in [0.29, 0.717) is 23.9 Å². The number of para-hydroxylation sites is 1. The van der Waals surface area contributed by atoms with Gasteiger partial charge in [0.1, 0.15) is 23.5 Å². The molecular formula is C18H19ClN2O2S. The average molecular weight is 363 g/mol. The predicted molar refractivity (Wildman–Crippen MR) is 98.9 cm³/mol. The molecule has 126 valence electrons. The van der Waals surface area contributed by atoms with Crippen LogP contribution in [-0.4, -0.2) is 41.3 Å². The van der Waals surface area contributed by atoms with E-state index in [9.17, 15) is 5.11 Å². The lowest BCUT2D eigenvalue weighted by atomic mass is 10.3. The second kappa shape index (κ2) is 7.94. The highest BCUT2D eigenvalue weighted by Crippen LogP contribution is 2.22. The van der Waals surface area contributed by atoms with Crippen LogP contribution in [0.25, 0.3) is 10.2 Å². The summed E-state index contributed by atoms with van der Waals surface area (Å²) in [6.45, 7) is 1.46. The summed E-state index contributed by atoms with van der Waals surface area (Å²) in [5.41, 5.74) is 1.03. The molecule has 0 saturated heterocycles. The molecular weight excluding hydrogens is 344 g/mol. The van der Waals surface area contributed by atoms with Gasteiger partial charge in [-0.3, -0.25) is 4.90 Å². The minimum absolute atomic E-state index is 0.242. The molecule has 0 aliphatic rings. The Kier molecular flexibility index (Phi) is 5.68. The predicted octanol–water partition coefficient (Wildman–Crippen LogP) is 3.82. The fourth-order valence-electron chi connectivity index (χ4n) is 2.42. The van der Waals surface area contributed by atoms with Crippen molar-refractivity contribution in [2.45, 2.75) is 12.6 Å². The maximum Gasteiger partial charge on any atom is 0.119 e. The molecule has 0 aliphatic carbocycles. The van der Waals surface area contributed by atoms with Crippen LogP contribution in [-0.2, 0) is 6.54 Å². The van der Waals surface area contributed by atoms with Crippen LogP contribution in [0.4, 0.5) is 0 Å². The van der Waals surface area contributed by atoms with Gasteiger partial charge in [0, 0.05) is 11.6 Å². The number of hydrogen-bond acceptors (Lipinski definition) is 5. The van der Waals surface area contributed by atoms with Crippen molar-refractivity contribution in [3.8, 4) is 5.75 Å². The van der Waals surface area contributed by atoms with Crippen molar-refractivity contribution in [1.29, 1.82) is 0 Å².